The van der Waals surface area contributed by atoms with Crippen LogP contribution in [0, 0.1) is 5.92 Å². The first-order valence-corrected chi connectivity index (χ1v) is 4.97. The minimum Gasteiger partial charge on any atom is -0.381 e. The van der Waals surface area contributed by atoms with Crippen molar-refractivity contribution in [3.8, 4) is 0 Å². The zero-order valence-corrected chi connectivity index (χ0v) is 8.43. The number of ether oxygens (including phenoxy) is 2. The molecule has 1 aliphatic rings. The molecule has 1 aliphatic heterocycles. The van der Waals surface area contributed by atoms with E-state index >= 15 is 0 Å². The van der Waals surface area contributed by atoms with Gasteiger partial charge < -0.3 is 15.2 Å². The average Bonchev–Trinajstić information content (AvgIpc) is 2.63. The van der Waals surface area contributed by atoms with Gasteiger partial charge in [-0.1, -0.05) is 0 Å². The molecule has 0 aromatic rings. The Balaban J connectivity index is 2.04. The number of hydrogen-bond acceptors (Lipinski definition) is 3. The highest BCUT2D eigenvalue weighted by Crippen LogP contribution is 2.19. The molecule has 0 radical (unpaired) electrons. The van der Waals surface area contributed by atoms with E-state index in [0.29, 0.717) is 13.2 Å². The summed E-state index contributed by atoms with van der Waals surface area (Å²) in [4.78, 5) is 0. The molecule has 2 unspecified atom stereocenters. The Hall–Kier alpha value is -0.330. The number of alkyl halides is 3. The summed E-state index contributed by atoms with van der Waals surface area (Å²) in [6.07, 6.45) is -4.20. The molecule has 6 heteroatoms. The first kappa shape index (κ1) is 12.7. The standard InChI is InChI=1S/C9H16F3NO2/c10-9(11,12)2-4-15-6-8(13)7-1-3-14-5-7/h7-8H,1-6,13H2. The summed E-state index contributed by atoms with van der Waals surface area (Å²) in [5, 5.41) is 0. The molecule has 0 bridgehead atoms. The molecule has 1 rings (SSSR count). The molecular formula is C9H16F3NO2. The van der Waals surface area contributed by atoms with Crippen LogP contribution in [0.5, 0.6) is 0 Å². The van der Waals surface area contributed by atoms with E-state index in [1.807, 2.05) is 0 Å². The van der Waals surface area contributed by atoms with E-state index in [9.17, 15) is 13.2 Å². The zero-order chi connectivity index (χ0) is 11.3. The molecule has 2 atom stereocenters. The van der Waals surface area contributed by atoms with Crippen molar-refractivity contribution in [3.63, 3.8) is 0 Å². The van der Waals surface area contributed by atoms with Gasteiger partial charge in [0.25, 0.3) is 0 Å². The third-order valence-corrected chi connectivity index (χ3v) is 2.41. The third-order valence-electron chi connectivity index (χ3n) is 2.41. The Bertz CT molecular complexity index is 181. The Kier molecular flexibility index (Phi) is 4.82. The van der Waals surface area contributed by atoms with Crippen molar-refractivity contribution in [2.45, 2.75) is 25.1 Å². The second-order valence-corrected chi connectivity index (χ2v) is 3.73. The van der Waals surface area contributed by atoms with Crippen molar-refractivity contribution in [1.29, 1.82) is 0 Å². The summed E-state index contributed by atoms with van der Waals surface area (Å²) in [5.41, 5.74) is 5.74. The Morgan fingerprint density at radius 3 is 2.73 bits per heavy atom. The van der Waals surface area contributed by atoms with Crippen molar-refractivity contribution in [3.05, 3.63) is 0 Å². The second kappa shape index (κ2) is 5.67. The molecule has 0 amide bonds. The summed E-state index contributed by atoms with van der Waals surface area (Å²) < 4.78 is 45.3. The fraction of sp³-hybridized carbons (Fsp3) is 1.00. The zero-order valence-electron chi connectivity index (χ0n) is 8.43. The highest BCUT2D eigenvalue weighted by molar-refractivity contribution is 4.75. The molecule has 1 fully saturated rings. The maximum atomic E-state index is 11.7. The summed E-state index contributed by atoms with van der Waals surface area (Å²) in [6.45, 7) is 1.12. The van der Waals surface area contributed by atoms with Crippen LogP contribution in [0.1, 0.15) is 12.8 Å². The van der Waals surface area contributed by atoms with Gasteiger partial charge in [0.2, 0.25) is 0 Å². The largest absolute Gasteiger partial charge is 0.391 e. The summed E-state index contributed by atoms with van der Waals surface area (Å²) >= 11 is 0. The van der Waals surface area contributed by atoms with Crippen molar-refractivity contribution < 1.29 is 22.6 Å². The lowest BCUT2D eigenvalue weighted by atomic mass is 10.0. The summed E-state index contributed by atoms with van der Waals surface area (Å²) in [7, 11) is 0. The van der Waals surface area contributed by atoms with Gasteiger partial charge in [0.1, 0.15) is 0 Å². The molecule has 15 heavy (non-hydrogen) atoms. The van der Waals surface area contributed by atoms with E-state index in [4.69, 9.17) is 15.2 Å². The van der Waals surface area contributed by atoms with E-state index < -0.39 is 12.6 Å². The predicted octanol–water partition coefficient (Wildman–Crippen LogP) is 1.32. The maximum absolute atomic E-state index is 11.7. The predicted molar refractivity (Wildman–Crippen MR) is 48.4 cm³/mol. The molecule has 0 aromatic heterocycles. The second-order valence-electron chi connectivity index (χ2n) is 3.73. The molecule has 0 aliphatic carbocycles. The van der Waals surface area contributed by atoms with Gasteiger partial charge in [-0.15, -0.1) is 0 Å². The molecule has 0 spiro atoms. The first-order valence-electron chi connectivity index (χ1n) is 4.97. The third kappa shape index (κ3) is 5.34. The van der Waals surface area contributed by atoms with Gasteiger partial charge in [-0.2, -0.15) is 13.2 Å². The number of nitrogens with two attached hydrogens (primary N) is 1. The minimum atomic E-state index is -4.15. The van der Waals surface area contributed by atoms with Crippen molar-refractivity contribution in [1.82, 2.24) is 0 Å². The smallest absolute Gasteiger partial charge is 0.381 e. The molecular weight excluding hydrogens is 211 g/mol. The van der Waals surface area contributed by atoms with E-state index in [1.54, 1.807) is 0 Å². The van der Waals surface area contributed by atoms with Gasteiger partial charge in [-0.3, -0.25) is 0 Å². The molecule has 2 N–H and O–H groups in total. The highest BCUT2D eigenvalue weighted by atomic mass is 19.4. The molecule has 90 valence electrons. The number of rotatable bonds is 5. The Morgan fingerprint density at radius 1 is 1.47 bits per heavy atom. The van der Waals surface area contributed by atoms with Crippen LogP contribution < -0.4 is 5.73 Å². The van der Waals surface area contributed by atoms with Crippen LogP contribution in [0.4, 0.5) is 13.2 Å². The van der Waals surface area contributed by atoms with Crippen LogP contribution in [0.2, 0.25) is 0 Å². The maximum Gasteiger partial charge on any atom is 0.391 e. The molecule has 1 heterocycles. The van der Waals surface area contributed by atoms with Crippen LogP contribution in [0.3, 0.4) is 0 Å². The van der Waals surface area contributed by atoms with Crippen molar-refractivity contribution in [2.24, 2.45) is 11.7 Å². The normalized spacial score (nSPS) is 24.4. The van der Waals surface area contributed by atoms with Crippen LogP contribution in [0.25, 0.3) is 0 Å². The van der Waals surface area contributed by atoms with Gasteiger partial charge in [0.05, 0.1) is 26.2 Å². The van der Waals surface area contributed by atoms with Crippen LogP contribution >= 0.6 is 0 Å². The molecule has 1 saturated heterocycles. The van der Waals surface area contributed by atoms with E-state index in [1.165, 1.54) is 0 Å². The van der Waals surface area contributed by atoms with Crippen LogP contribution in [0.15, 0.2) is 0 Å². The fourth-order valence-corrected chi connectivity index (χ4v) is 1.43. The fourth-order valence-electron chi connectivity index (χ4n) is 1.43. The molecule has 0 aromatic carbocycles. The molecule has 3 nitrogen and oxygen atoms in total. The topological polar surface area (TPSA) is 44.5 Å². The van der Waals surface area contributed by atoms with Crippen molar-refractivity contribution >= 4 is 0 Å². The lowest BCUT2D eigenvalue weighted by molar-refractivity contribution is -0.145. The van der Waals surface area contributed by atoms with Gasteiger partial charge in [-0.25, -0.2) is 0 Å². The van der Waals surface area contributed by atoms with E-state index in [0.717, 1.165) is 6.42 Å². The van der Waals surface area contributed by atoms with Gasteiger partial charge >= 0.3 is 6.18 Å². The lowest BCUT2D eigenvalue weighted by Gasteiger charge is -2.17. The SMILES string of the molecule is NC(COCCC(F)(F)F)C1CCOC1. The minimum absolute atomic E-state index is 0.171. The number of halogens is 3. The quantitative estimate of drug-likeness (QED) is 0.720. The number of hydrogen-bond donors (Lipinski definition) is 1. The highest BCUT2D eigenvalue weighted by Gasteiger charge is 2.27. The van der Waals surface area contributed by atoms with Gasteiger partial charge in [-0.05, 0) is 6.42 Å². The first-order chi connectivity index (χ1) is 6.99. The lowest BCUT2D eigenvalue weighted by Crippen LogP contribution is -2.35. The Morgan fingerprint density at radius 2 is 2.20 bits per heavy atom. The van der Waals surface area contributed by atoms with Crippen molar-refractivity contribution in [2.75, 3.05) is 26.4 Å². The van der Waals surface area contributed by atoms with Crippen LogP contribution in [-0.4, -0.2) is 38.6 Å². The monoisotopic (exact) mass is 227 g/mol. The van der Waals surface area contributed by atoms with E-state index in [-0.39, 0.29) is 25.2 Å². The summed E-state index contributed by atoms with van der Waals surface area (Å²) in [6, 6.07) is -0.222. The van der Waals surface area contributed by atoms with E-state index in [2.05, 4.69) is 0 Å². The van der Waals surface area contributed by atoms with Gasteiger partial charge in [0, 0.05) is 18.6 Å². The molecule has 0 saturated carbocycles. The summed E-state index contributed by atoms with van der Waals surface area (Å²) in [5.74, 6) is 0.218. The van der Waals surface area contributed by atoms with Gasteiger partial charge in [0.15, 0.2) is 0 Å². The average molecular weight is 227 g/mol. The van der Waals surface area contributed by atoms with Crippen LogP contribution in [-0.2, 0) is 9.47 Å². The Labute approximate surface area is 86.7 Å².